The second-order valence-electron chi connectivity index (χ2n) is 6.07. The molecule has 0 aliphatic heterocycles. The van der Waals surface area contributed by atoms with E-state index in [2.05, 4.69) is 19.9 Å². The Hall–Kier alpha value is -2.38. The molecule has 0 bridgehead atoms. The highest BCUT2D eigenvalue weighted by Gasteiger charge is 2.32. The molecule has 115 valence electrons. The van der Waals surface area contributed by atoms with Crippen LogP contribution in [0.5, 0.6) is 0 Å². The van der Waals surface area contributed by atoms with Crippen LogP contribution in [0.25, 0.3) is 0 Å². The van der Waals surface area contributed by atoms with Crippen LogP contribution >= 0.6 is 0 Å². The van der Waals surface area contributed by atoms with E-state index in [4.69, 9.17) is 0 Å². The molecule has 0 heterocycles. The smallest absolute Gasteiger partial charge is 0.119 e. The van der Waals surface area contributed by atoms with Gasteiger partial charge in [0.05, 0.1) is 0 Å². The predicted molar refractivity (Wildman–Crippen MR) is 94.3 cm³/mol. The van der Waals surface area contributed by atoms with Gasteiger partial charge in [-0.2, -0.15) is 0 Å². The summed E-state index contributed by atoms with van der Waals surface area (Å²) in [4.78, 5) is 0. The number of aryl methyl sites for hydroxylation is 2. The predicted octanol–water partition coefficient (Wildman–Crippen LogP) is 4.58. The first-order valence-electron chi connectivity index (χ1n) is 7.91. The fraction of sp³-hybridized carbons (Fsp3) is 0.182. The van der Waals surface area contributed by atoms with Crippen LogP contribution in [0.15, 0.2) is 72.8 Å². The minimum Gasteiger partial charge on any atom is -0.380 e. The molecule has 3 aromatic rings. The zero-order valence-electron chi connectivity index (χ0n) is 13.6. The highest BCUT2D eigenvalue weighted by Crippen LogP contribution is 2.34. The van der Waals surface area contributed by atoms with Gasteiger partial charge in [-0.15, -0.1) is 0 Å². The van der Waals surface area contributed by atoms with Gasteiger partial charge in [-0.25, -0.2) is 0 Å². The average Bonchev–Trinajstić information content (AvgIpc) is 2.60. The van der Waals surface area contributed by atoms with E-state index in [1.165, 1.54) is 5.56 Å². The van der Waals surface area contributed by atoms with E-state index in [0.29, 0.717) is 6.42 Å². The molecule has 0 saturated heterocycles. The van der Waals surface area contributed by atoms with E-state index in [1.807, 2.05) is 72.8 Å². The molecule has 0 aliphatic rings. The van der Waals surface area contributed by atoms with E-state index in [0.717, 1.165) is 22.3 Å². The van der Waals surface area contributed by atoms with Crippen molar-refractivity contribution < 1.29 is 5.11 Å². The van der Waals surface area contributed by atoms with Crippen molar-refractivity contribution in [3.8, 4) is 0 Å². The molecule has 1 heteroatoms. The van der Waals surface area contributed by atoms with Crippen LogP contribution in [0.1, 0.15) is 27.8 Å². The minimum atomic E-state index is -1.04. The van der Waals surface area contributed by atoms with Crippen molar-refractivity contribution in [2.75, 3.05) is 0 Å². The van der Waals surface area contributed by atoms with Gasteiger partial charge in [-0.05, 0) is 47.7 Å². The van der Waals surface area contributed by atoms with E-state index in [1.54, 1.807) is 0 Å². The van der Waals surface area contributed by atoms with Crippen molar-refractivity contribution in [2.24, 2.45) is 0 Å². The SMILES string of the molecule is Cc1c[c]cc(C)c1CC(O)(c1ccccc1)c1ccccc1. The standard InChI is InChI=1S/C22H21O/c1-17-10-9-11-18(2)21(17)16-22(23,19-12-5-3-6-13-19)20-14-7-4-8-15-20/h3-8,10-15,23H,16H2,1-2H3. The highest BCUT2D eigenvalue weighted by atomic mass is 16.3. The largest absolute Gasteiger partial charge is 0.380 e. The topological polar surface area (TPSA) is 20.2 Å². The van der Waals surface area contributed by atoms with Crippen molar-refractivity contribution in [3.63, 3.8) is 0 Å². The average molecular weight is 301 g/mol. The third-order valence-electron chi connectivity index (χ3n) is 4.49. The quantitative estimate of drug-likeness (QED) is 0.747. The van der Waals surface area contributed by atoms with Crippen LogP contribution in [0.3, 0.4) is 0 Å². The molecule has 0 aromatic heterocycles. The lowest BCUT2D eigenvalue weighted by Crippen LogP contribution is -2.30. The van der Waals surface area contributed by atoms with Crippen molar-refractivity contribution in [1.82, 2.24) is 0 Å². The molecule has 0 atom stereocenters. The van der Waals surface area contributed by atoms with Crippen LogP contribution in [0.4, 0.5) is 0 Å². The van der Waals surface area contributed by atoms with E-state index in [9.17, 15) is 5.11 Å². The van der Waals surface area contributed by atoms with E-state index < -0.39 is 5.60 Å². The minimum absolute atomic E-state index is 0.549. The molecule has 0 unspecified atom stereocenters. The van der Waals surface area contributed by atoms with Gasteiger partial charge in [0, 0.05) is 6.42 Å². The molecule has 3 aromatic carbocycles. The summed E-state index contributed by atoms with van der Waals surface area (Å²) in [5, 5.41) is 11.6. The maximum Gasteiger partial charge on any atom is 0.119 e. The molecule has 1 radical (unpaired) electrons. The van der Waals surface area contributed by atoms with Crippen molar-refractivity contribution >= 4 is 0 Å². The Kier molecular flexibility index (Phi) is 4.31. The van der Waals surface area contributed by atoms with Gasteiger partial charge >= 0.3 is 0 Å². The second kappa shape index (κ2) is 6.39. The van der Waals surface area contributed by atoms with Crippen molar-refractivity contribution in [3.05, 3.63) is 107 Å². The Balaban J connectivity index is 2.14. The van der Waals surface area contributed by atoms with Gasteiger partial charge in [0.2, 0.25) is 0 Å². The Morgan fingerprint density at radius 3 is 1.65 bits per heavy atom. The maximum atomic E-state index is 11.6. The number of hydrogen-bond acceptors (Lipinski definition) is 1. The lowest BCUT2D eigenvalue weighted by molar-refractivity contribution is 0.0808. The molecule has 1 nitrogen and oxygen atoms in total. The van der Waals surface area contributed by atoms with Crippen LogP contribution in [0, 0.1) is 19.9 Å². The summed E-state index contributed by atoms with van der Waals surface area (Å²) < 4.78 is 0. The summed E-state index contributed by atoms with van der Waals surface area (Å²) in [7, 11) is 0. The number of benzene rings is 3. The highest BCUT2D eigenvalue weighted by molar-refractivity contribution is 5.42. The van der Waals surface area contributed by atoms with Crippen LogP contribution in [-0.2, 0) is 12.0 Å². The molecule has 23 heavy (non-hydrogen) atoms. The zero-order valence-corrected chi connectivity index (χ0v) is 13.6. The van der Waals surface area contributed by atoms with Gasteiger partial charge in [0.15, 0.2) is 0 Å². The molecule has 0 aliphatic carbocycles. The van der Waals surface area contributed by atoms with Crippen LogP contribution < -0.4 is 0 Å². The fourth-order valence-electron chi connectivity index (χ4n) is 3.11. The van der Waals surface area contributed by atoms with Gasteiger partial charge in [0.25, 0.3) is 0 Å². The first kappa shape index (κ1) is 15.5. The molecule has 3 rings (SSSR count). The Bertz CT molecular complexity index is 716. The lowest BCUT2D eigenvalue weighted by atomic mass is 9.79. The number of rotatable bonds is 4. The molecule has 0 spiro atoms. The van der Waals surface area contributed by atoms with E-state index >= 15 is 0 Å². The Labute approximate surface area is 138 Å². The summed E-state index contributed by atoms with van der Waals surface area (Å²) >= 11 is 0. The van der Waals surface area contributed by atoms with Gasteiger partial charge in [-0.1, -0.05) is 72.8 Å². The van der Waals surface area contributed by atoms with Gasteiger partial charge in [-0.3, -0.25) is 0 Å². The van der Waals surface area contributed by atoms with Gasteiger partial charge < -0.3 is 5.11 Å². The maximum absolute atomic E-state index is 11.6. The monoisotopic (exact) mass is 301 g/mol. The van der Waals surface area contributed by atoms with E-state index in [-0.39, 0.29) is 0 Å². The third kappa shape index (κ3) is 3.06. The molecule has 1 N–H and O–H groups in total. The summed E-state index contributed by atoms with van der Waals surface area (Å²) in [6, 6.07) is 26.9. The van der Waals surface area contributed by atoms with Crippen LogP contribution in [0.2, 0.25) is 0 Å². The summed E-state index contributed by atoms with van der Waals surface area (Å²) in [5.41, 5.74) is 4.29. The summed E-state index contributed by atoms with van der Waals surface area (Å²) in [5.74, 6) is 0. The first-order valence-corrected chi connectivity index (χ1v) is 7.91. The van der Waals surface area contributed by atoms with Crippen LogP contribution in [-0.4, -0.2) is 5.11 Å². The zero-order chi connectivity index (χ0) is 16.3. The fourth-order valence-corrected chi connectivity index (χ4v) is 3.11. The molecule has 0 amide bonds. The molecule has 0 fully saturated rings. The first-order chi connectivity index (χ1) is 11.1. The molecular weight excluding hydrogens is 280 g/mol. The van der Waals surface area contributed by atoms with Gasteiger partial charge in [0.1, 0.15) is 5.60 Å². The molecule has 0 saturated carbocycles. The summed E-state index contributed by atoms with van der Waals surface area (Å²) in [6.07, 6.45) is 0.549. The second-order valence-corrected chi connectivity index (χ2v) is 6.07. The Morgan fingerprint density at radius 2 is 1.22 bits per heavy atom. The lowest BCUT2D eigenvalue weighted by Gasteiger charge is -2.31. The van der Waals surface area contributed by atoms with Crippen molar-refractivity contribution in [2.45, 2.75) is 25.9 Å². The van der Waals surface area contributed by atoms with Crippen molar-refractivity contribution in [1.29, 1.82) is 0 Å². The molecular formula is C22H21O. The number of hydrogen-bond donors (Lipinski definition) is 1. The number of aliphatic hydroxyl groups is 1. The third-order valence-corrected chi connectivity index (χ3v) is 4.49. The Morgan fingerprint density at radius 1 is 0.783 bits per heavy atom. The summed E-state index contributed by atoms with van der Waals surface area (Å²) in [6.45, 7) is 4.16. The normalized spacial score (nSPS) is 11.4.